The quantitative estimate of drug-likeness (QED) is 0.703. The minimum absolute atomic E-state index is 0.106. The molecule has 9 heteroatoms. The van der Waals surface area contributed by atoms with Crippen molar-refractivity contribution in [2.75, 3.05) is 43.2 Å². The Morgan fingerprint density at radius 1 is 1.24 bits per heavy atom. The first-order valence-electron chi connectivity index (χ1n) is 6.66. The van der Waals surface area contributed by atoms with Gasteiger partial charge in [-0.25, -0.2) is 0 Å². The molecule has 1 atom stereocenters. The summed E-state index contributed by atoms with van der Waals surface area (Å²) in [6.45, 7) is 2.60. The molecule has 1 unspecified atom stereocenters. The molecule has 1 aromatic heterocycles. The molecule has 1 saturated heterocycles. The molecule has 0 spiro atoms. The highest BCUT2D eigenvalue weighted by molar-refractivity contribution is 6.06. The van der Waals surface area contributed by atoms with Crippen LogP contribution in [-0.2, 0) is 9.59 Å². The predicted molar refractivity (Wildman–Crippen MR) is 78.1 cm³/mol. The molecule has 2 heterocycles. The summed E-state index contributed by atoms with van der Waals surface area (Å²) < 4.78 is 0. The van der Waals surface area contributed by atoms with E-state index in [2.05, 4.69) is 25.6 Å². The Bertz CT molecular complexity index is 561. The Morgan fingerprint density at radius 2 is 1.90 bits per heavy atom. The van der Waals surface area contributed by atoms with E-state index in [0.717, 1.165) is 4.90 Å². The van der Waals surface area contributed by atoms with Gasteiger partial charge in [-0.15, -0.1) is 0 Å². The smallest absolute Gasteiger partial charge is 0.252 e. The Balaban J connectivity index is 2.23. The van der Waals surface area contributed by atoms with Crippen LogP contribution in [-0.4, -0.2) is 65.4 Å². The first-order chi connectivity index (χ1) is 9.92. The van der Waals surface area contributed by atoms with Crippen LogP contribution >= 0.6 is 0 Å². The van der Waals surface area contributed by atoms with Gasteiger partial charge in [-0.1, -0.05) is 0 Å². The number of carbonyl (C=O) groups is 2. The molecule has 1 fully saturated rings. The molecular formula is C12H19N7O2. The lowest BCUT2D eigenvalue weighted by molar-refractivity contribution is -0.136. The van der Waals surface area contributed by atoms with Crippen molar-refractivity contribution in [2.24, 2.45) is 0 Å². The van der Waals surface area contributed by atoms with E-state index < -0.39 is 6.04 Å². The van der Waals surface area contributed by atoms with Crippen molar-refractivity contribution in [1.82, 2.24) is 19.9 Å². The number of hydrogen-bond acceptors (Lipinski definition) is 8. The Kier molecular flexibility index (Phi) is 4.20. The Hall–Kier alpha value is -2.45. The van der Waals surface area contributed by atoms with Gasteiger partial charge in [-0.2, -0.15) is 15.0 Å². The fourth-order valence-corrected chi connectivity index (χ4v) is 1.89. The standard InChI is InChI=1S/C12H19N7O2/c1-5-13-10-15-11(17-12(16-10)18(2)3)14-7-6-8(20)19(4)9(7)21/h7H,5-6H2,1-4H3,(H2,13,14,15,16,17). The number of carbonyl (C=O) groups excluding carboxylic acids is 2. The zero-order chi connectivity index (χ0) is 15.6. The zero-order valence-electron chi connectivity index (χ0n) is 12.5. The highest BCUT2D eigenvalue weighted by atomic mass is 16.2. The molecule has 2 amide bonds. The van der Waals surface area contributed by atoms with E-state index in [0.29, 0.717) is 18.4 Å². The van der Waals surface area contributed by atoms with Gasteiger partial charge in [0, 0.05) is 27.7 Å². The molecule has 2 rings (SSSR count). The van der Waals surface area contributed by atoms with Crippen LogP contribution in [0.2, 0.25) is 0 Å². The maximum absolute atomic E-state index is 11.9. The minimum Gasteiger partial charge on any atom is -0.354 e. The van der Waals surface area contributed by atoms with Gasteiger partial charge < -0.3 is 15.5 Å². The minimum atomic E-state index is -0.630. The van der Waals surface area contributed by atoms with Crippen molar-refractivity contribution in [2.45, 2.75) is 19.4 Å². The van der Waals surface area contributed by atoms with Crippen molar-refractivity contribution in [3.63, 3.8) is 0 Å². The molecular weight excluding hydrogens is 274 g/mol. The number of amides is 2. The summed E-state index contributed by atoms with van der Waals surface area (Å²) in [6, 6.07) is -0.630. The molecule has 0 saturated carbocycles. The zero-order valence-corrected chi connectivity index (χ0v) is 12.5. The van der Waals surface area contributed by atoms with Crippen LogP contribution in [0.5, 0.6) is 0 Å². The number of nitrogens with one attached hydrogen (secondary N) is 2. The van der Waals surface area contributed by atoms with Gasteiger partial charge in [-0.05, 0) is 6.92 Å². The monoisotopic (exact) mass is 293 g/mol. The molecule has 0 aliphatic carbocycles. The number of nitrogens with zero attached hydrogens (tertiary/aromatic N) is 5. The third-order valence-corrected chi connectivity index (χ3v) is 3.04. The second-order valence-corrected chi connectivity index (χ2v) is 4.90. The van der Waals surface area contributed by atoms with Gasteiger partial charge in [0.15, 0.2) is 0 Å². The number of aromatic nitrogens is 3. The van der Waals surface area contributed by atoms with Gasteiger partial charge in [0.25, 0.3) is 5.91 Å². The SMILES string of the molecule is CCNc1nc(NC2CC(=O)N(C)C2=O)nc(N(C)C)n1. The van der Waals surface area contributed by atoms with E-state index in [-0.39, 0.29) is 24.2 Å². The fraction of sp³-hybridized carbons (Fsp3) is 0.583. The summed E-state index contributed by atoms with van der Waals surface area (Å²) >= 11 is 0. The van der Waals surface area contributed by atoms with Gasteiger partial charge in [-0.3, -0.25) is 14.5 Å². The summed E-state index contributed by atoms with van der Waals surface area (Å²) in [5.41, 5.74) is 0. The van der Waals surface area contributed by atoms with E-state index in [1.807, 2.05) is 21.0 Å². The number of likely N-dealkylation sites (N-methyl/N-ethyl adjacent to an activating group) is 1. The first kappa shape index (κ1) is 14.9. The van der Waals surface area contributed by atoms with Crippen LogP contribution in [0.4, 0.5) is 17.8 Å². The van der Waals surface area contributed by atoms with E-state index >= 15 is 0 Å². The topological polar surface area (TPSA) is 103 Å². The lowest BCUT2D eigenvalue weighted by Gasteiger charge is -2.15. The van der Waals surface area contributed by atoms with Crippen molar-refractivity contribution in [3.8, 4) is 0 Å². The molecule has 9 nitrogen and oxygen atoms in total. The van der Waals surface area contributed by atoms with Crippen molar-refractivity contribution < 1.29 is 9.59 Å². The molecule has 1 aliphatic heterocycles. The van der Waals surface area contributed by atoms with E-state index in [1.54, 1.807) is 4.90 Å². The Morgan fingerprint density at radius 3 is 2.43 bits per heavy atom. The van der Waals surface area contributed by atoms with Crippen molar-refractivity contribution in [3.05, 3.63) is 0 Å². The highest BCUT2D eigenvalue weighted by Gasteiger charge is 2.36. The second kappa shape index (κ2) is 5.90. The maximum Gasteiger partial charge on any atom is 0.252 e. The van der Waals surface area contributed by atoms with Crippen LogP contribution < -0.4 is 15.5 Å². The molecule has 2 N–H and O–H groups in total. The number of rotatable bonds is 5. The molecule has 21 heavy (non-hydrogen) atoms. The number of hydrogen-bond donors (Lipinski definition) is 2. The average molecular weight is 293 g/mol. The van der Waals surface area contributed by atoms with Crippen LogP contribution in [0.25, 0.3) is 0 Å². The summed E-state index contributed by atoms with van der Waals surface area (Å²) in [6.07, 6.45) is 0.106. The molecule has 1 aromatic rings. The third kappa shape index (κ3) is 3.18. The highest BCUT2D eigenvalue weighted by Crippen LogP contribution is 2.17. The Labute approximate surface area is 122 Å². The first-order valence-corrected chi connectivity index (χ1v) is 6.66. The van der Waals surface area contributed by atoms with Crippen LogP contribution in [0, 0.1) is 0 Å². The van der Waals surface area contributed by atoms with E-state index in [4.69, 9.17) is 0 Å². The molecule has 114 valence electrons. The summed E-state index contributed by atoms with van der Waals surface area (Å²) in [4.78, 5) is 38.9. The van der Waals surface area contributed by atoms with E-state index in [1.165, 1.54) is 7.05 Å². The maximum atomic E-state index is 11.9. The van der Waals surface area contributed by atoms with E-state index in [9.17, 15) is 9.59 Å². The number of likely N-dealkylation sites (tertiary alicyclic amines) is 1. The molecule has 0 radical (unpaired) electrons. The van der Waals surface area contributed by atoms with Gasteiger partial charge in [0.2, 0.25) is 23.8 Å². The van der Waals surface area contributed by atoms with Crippen LogP contribution in [0.1, 0.15) is 13.3 Å². The van der Waals surface area contributed by atoms with Crippen LogP contribution in [0.15, 0.2) is 0 Å². The number of imide groups is 1. The van der Waals surface area contributed by atoms with Crippen LogP contribution in [0.3, 0.4) is 0 Å². The second-order valence-electron chi connectivity index (χ2n) is 4.90. The molecule has 0 aromatic carbocycles. The van der Waals surface area contributed by atoms with Gasteiger partial charge in [0.1, 0.15) is 6.04 Å². The van der Waals surface area contributed by atoms with Gasteiger partial charge in [0.05, 0.1) is 6.42 Å². The van der Waals surface area contributed by atoms with Gasteiger partial charge >= 0.3 is 0 Å². The lowest BCUT2D eigenvalue weighted by Crippen LogP contribution is -2.32. The predicted octanol–water partition coefficient (Wildman–Crippen LogP) is -0.461. The summed E-state index contributed by atoms with van der Waals surface area (Å²) in [5.74, 6) is 0.659. The third-order valence-electron chi connectivity index (χ3n) is 3.04. The lowest BCUT2D eigenvalue weighted by atomic mass is 10.2. The fourth-order valence-electron chi connectivity index (χ4n) is 1.89. The largest absolute Gasteiger partial charge is 0.354 e. The summed E-state index contributed by atoms with van der Waals surface area (Å²) in [5, 5.41) is 5.91. The number of anilines is 3. The van der Waals surface area contributed by atoms with Crippen molar-refractivity contribution in [1.29, 1.82) is 0 Å². The molecule has 1 aliphatic rings. The molecule has 0 bridgehead atoms. The average Bonchev–Trinajstić information content (AvgIpc) is 2.66. The normalized spacial score (nSPS) is 18.1. The summed E-state index contributed by atoms with van der Waals surface area (Å²) in [7, 11) is 5.09. The van der Waals surface area contributed by atoms with Crippen molar-refractivity contribution >= 4 is 29.7 Å².